The number of esters is 1. The Bertz CT molecular complexity index is 667. The third-order valence-corrected chi connectivity index (χ3v) is 5.33. The molecule has 7 nitrogen and oxygen atoms in total. The first-order valence-electron chi connectivity index (χ1n) is 6.71. The molecule has 1 heterocycles. The van der Waals surface area contributed by atoms with Gasteiger partial charge in [0, 0.05) is 13.1 Å². The first-order valence-corrected chi connectivity index (χ1v) is 8.53. The molecule has 1 aliphatic heterocycles. The van der Waals surface area contributed by atoms with Gasteiger partial charge in [0.2, 0.25) is 0 Å². The summed E-state index contributed by atoms with van der Waals surface area (Å²) in [7, 11) is -1.58. The standard InChI is InChI=1S/C14H17NO6S/c1-15(11-6-7-22(19,20)9-11)13(17)8-21-14(18)10-2-4-12(16)5-3-10/h2-5,11,16H,6-9H2,1H3. The Morgan fingerprint density at radius 2 is 1.95 bits per heavy atom. The van der Waals surface area contributed by atoms with Crippen molar-refractivity contribution in [1.82, 2.24) is 4.90 Å². The van der Waals surface area contributed by atoms with Crippen molar-refractivity contribution in [3.63, 3.8) is 0 Å². The Morgan fingerprint density at radius 1 is 1.32 bits per heavy atom. The highest BCUT2D eigenvalue weighted by Crippen LogP contribution is 2.17. The summed E-state index contributed by atoms with van der Waals surface area (Å²) in [5.74, 6) is -1.09. The van der Waals surface area contributed by atoms with Crippen molar-refractivity contribution in [2.75, 3.05) is 25.2 Å². The second-order valence-electron chi connectivity index (χ2n) is 5.18. The average molecular weight is 327 g/mol. The quantitative estimate of drug-likeness (QED) is 0.793. The van der Waals surface area contributed by atoms with Gasteiger partial charge in [0.15, 0.2) is 16.4 Å². The number of hydrogen-bond acceptors (Lipinski definition) is 6. The first kappa shape index (κ1) is 16.3. The van der Waals surface area contributed by atoms with E-state index < -0.39 is 28.3 Å². The fourth-order valence-electron chi connectivity index (χ4n) is 2.19. The predicted octanol–water partition coefficient (Wildman–Crippen LogP) is 0.195. The smallest absolute Gasteiger partial charge is 0.338 e. The summed E-state index contributed by atoms with van der Waals surface area (Å²) in [6.07, 6.45) is 0.399. The van der Waals surface area contributed by atoms with Gasteiger partial charge in [0.05, 0.1) is 17.1 Å². The summed E-state index contributed by atoms with van der Waals surface area (Å²) in [5.41, 5.74) is 0.219. The Morgan fingerprint density at radius 3 is 2.50 bits per heavy atom. The number of ether oxygens (including phenoxy) is 1. The third kappa shape index (κ3) is 3.97. The molecule has 2 rings (SSSR count). The highest BCUT2D eigenvalue weighted by molar-refractivity contribution is 7.91. The van der Waals surface area contributed by atoms with Gasteiger partial charge >= 0.3 is 5.97 Å². The minimum absolute atomic E-state index is 0.0230. The second kappa shape index (κ2) is 6.35. The molecule has 0 bridgehead atoms. The maximum Gasteiger partial charge on any atom is 0.338 e. The third-order valence-electron chi connectivity index (χ3n) is 3.58. The summed E-state index contributed by atoms with van der Waals surface area (Å²) in [4.78, 5) is 25.0. The molecule has 120 valence electrons. The zero-order valence-electron chi connectivity index (χ0n) is 12.1. The van der Waals surface area contributed by atoms with Crippen LogP contribution < -0.4 is 0 Å². The minimum Gasteiger partial charge on any atom is -0.508 e. The van der Waals surface area contributed by atoms with Crippen molar-refractivity contribution in [2.24, 2.45) is 0 Å². The van der Waals surface area contributed by atoms with Crippen LogP contribution in [-0.2, 0) is 19.4 Å². The maximum absolute atomic E-state index is 11.9. The molecule has 8 heteroatoms. The van der Waals surface area contributed by atoms with Crippen molar-refractivity contribution < 1.29 is 27.9 Å². The van der Waals surface area contributed by atoms with E-state index in [0.717, 1.165) is 0 Å². The van der Waals surface area contributed by atoms with E-state index in [-0.39, 0.29) is 28.9 Å². The van der Waals surface area contributed by atoms with Crippen LogP contribution >= 0.6 is 0 Å². The van der Waals surface area contributed by atoms with Crippen molar-refractivity contribution in [2.45, 2.75) is 12.5 Å². The molecule has 1 aromatic rings. The molecule has 1 aromatic carbocycles. The zero-order valence-corrected chi connectivity index (χ0v) is 12.9. The molecule has 1 aliphatic rings. The van der Waals surface area contributed by atoms with E-state index in [1.54, 1.807) is 0 Å². The van der Waals surface area contributed by atoms with Gasteiger partial charge in [-0.25, -0.2) is 13.2 Å². The largest absolute Gasteiger partial charge is 0.508 e. The number of hydrogen-bond donors (Lipinski definition) is 1. The van der Waals surface area contributed by atoms with Gasteiger partial charge in [-0.05, 0) is 30.7 Å². The normalized spacial score (nSPS) is 19.6. The van der Waals surface area contributed by atoms with Crippen molar-refractivity contribution >= 4 is 21.7 Å². The number of nitrogens with zero attached hydrogens (tertiary/aromatic N) is 1. The topological polar surface area (TPSA) is 101 Å². The minimum atomic E-state index is -3.08. The van der Waals surface area contributed by atoms with Crippen molar-refractivity contribution in [1.29, 1.82) is 0 Å². The molecule has 0 radical (unpaired) electrons. The van der Waals surface area contributed by atoms with Gasteiger partial charge in [0.25, 0.3) is 5.91 Å². The van der Waals surface area contributed by atoms with E-state index in [1.807, 2.05) is 0 Å². The lowest BCUT2D eigenvalue weighted by molar-refractivity contribution is -0.134. The monoisotopic (exact) mass is 327 g/mol. The molecule has 1 amide bonds. The number of sulfone groups is 1. The second-order valence-corrected chi connectivity index (χ2v) is 7.41. The molecule has 0 saturated carbocycles. The number of carbonyl (C=O) groups excluding carboxylic acids is 2. The van der Waals surface area contributed by atoms with E-state index in [4.69, 9.17) is 9.84 Å². The Kier molecular flexibility index (Phi) is 4.70. The molecular weight excluding hydrogens is 310 g/mol. The number of carbonyl (C=O) groups is 2. The SMILES string of the molecule is CN(C(=O)COC(=O)c1ccc(O)cc1)C1CCS(=O)(=O)C1. The van der Waals surface area contributed by atoms with Gasteiger partial charge in [-0.1, -0.05) is 0 Å². The highest BCUT2D eigenvalue weighted by Gasteiger charge is 2.32. The highest BCUT2D eigenvalue weighted by atomic mass is 32.2. The van der Waals surface area contributed by atoms with Crippen LogP contribution in [0.5, 0.6) is 5.75 Å². The summed E-state index contributed by atoms with van der Waals surface area (Å²) < 4.78 is 27.7. The molecule has 1 N–H and O–H groups in total. The van der Waals surface area contributed by atoms with Crippen LogP contribution in [0, 0.1) is 0 Å². The van der Waals surface area contributed by atoms with E-state index in [1.165, 1.54) is 36.2 Å². The van der Waals surface area contributed by atoms with E-state index in [0.29, 0.717) is 6.42 Å². The van der Waals surface area contributed by atoms with Crippen molar-refractivity contribution in [3.8, 4) is 5.75 Å². The number of phenolic OH excluding ortho intramolecular Hbond substituents is 1. The van der Waals surface area contributed by atoms with Crippen LogP contribution in [0.2, 0.25) is 0 Å². The summed E-state index contributed by atoms with van der Waals surface area (Å²) in [6, 6.07) is 5.08. The maximum atomic E-state index is 11.9. The number of amides is 1. The van der Waals surface area contributed by atoms with Gasteiger partial charge in [-0.3, -0.25) is 4.79 Å². The van der Waals surface area contributed by atoms with Crippen LogP contribution in [0.25, 0.3) is 0 Å². The number of phenols is 1. The van der Waals surface area contributed by atoms with Crippen LogP contribution in [-0.4, -0.2) is 61.5 Å². The van der Waals surface area contributed by atoms with Crippen LogP contribution in [0.1, 0.15) is 16.8 Å². The van der Waals surface area contributed by atoms with E-state index in [2.05, 4.69) is 0 Å². The Balaban J connectivity index is 1.87. The van der Waals surface area contributed by atoms with Crippen LogP contribution in [0.4, 0.5) is 0 Å². The molecule has 22 heavy (non-hydrogen) atoms. The Hall–Kier alpha value is -2.09. The summed E-state index contributed by atoms with van der Waals surface area (Å²) in [5, 5.41) is 9.13. The first-order chi connectivity index (χ1) is 10.3. The molecule has 0 spiro atoms. The van der Waals surface area contributed by atoms with Gasteiger partial charge in [-0.15, -0.1) is 0 Å². The number of rotatable bonds is 4. The van der Waals surface area contributed by atoms with E-state index in [9.17, 15) is 18.0 Å². The van der Waals surface area contributed by atoms with Gasteiger partial charge in [-0.2, -0.15) is 0 Å². The fraction of sp³-hybridized carbons (Fsp3) is 0.429. The van der Waals surface area contributed by atoms with Crippen LogP contribution in [0.15, 0.2) is 24.3 Å². The van der Waals surface area contributed by atoms with Gasteiger partial charge in [0.1, 0.15) is 5.75 Å². The average Bonchev–Trinajstić information content (AvgIpc) is 2.84. The number of likely N-dealkylation sites (N-methyl/N-ethyl adjacent to an activating group) is 1. The molecule has 1 atom stereocenters. The van der Waals surface area contributed by atoms with E-state index >= 15 is 0 Å². The molecule has 1 fully saturated rings. The predicted molar refractivity (Wildman–Crippen MR) is 78.2 cm³/mol. The molecule has 0 aromatic heterocycles. The molecular formula is C14H17NO6S. The molecule has 0 aliphatic carbocycles. The fourth-order valence-corrected chi connectivity index (χ4v) is 3.97. The lowest BCUT2D eigenvalue weighted by atomic mass is 10.2. The summed E-state index contributed by atoms with van der Waals surface area (Å²) in [6.45, 7) is -0.452. The van der Waals surface area contributed by atoms with Crippen LogP contribution in [0.3, 0.4) is 0 Å². The molecule has 1 unspecified atom stereocenters. The van der Waals surface area contributed by atoms with Crippen molar-refractivity contribution in [3.05, 3.63) is 29.8 Å². The number of benzene rings is 1. The lowest BCUT2D eigenvalue weighted by Gasteiger charge is -2.23. The number of aromatic hydroxyl groups is 1. The lowest BCUT2D eigenvalue weighted by Crippen LogP contribution is -2.40. The molecule has 1 saturated heterocycles. The van der Waals surface area contributed by atoms with Gasteiger partial charge < -0.3 is 14.7 Å². The zero-order chi connectivity index (χ0) is 16.3. The Labute approximate surface area is 128 Å². The summed E-state index contributed by atoms with van der Waals surface area (Å²) >= 11 is 0.